The second-order valence-corrected chi connectivity index (χ2v) is 6.05. The van der Waals surface area contributed by atoms with Crippen LogP contribution in [0.1, 0.15) is 30.8 Å². The minimum atomic E-state index is 0.578. The molecule has 1 aliphatic heterocycles. The van der Waals surface area contributed by atoms with E-state index in [9.17, 15) is 0 Å². The summed E-state index contributed by atoms with van der Waals surface area (Å²) >= 11 is 1.99. The molecule has 0 aromatic carbocycles. The summed E-state index contributed by atoms with van der Waals surface area (Å²) in [6, 6.07) is 1.82. The fraction of sp³-hybridized carbons (Fsp3) is 0.692. The van der Waals surface area contributed by atoms with Gasteiger partial charge in [-0.1, -0.05) is 0 Å². The van der Waals surface area contributed by atoms with Gasteiger partial charge in [-0.25, -0.2) is 9.97 Å². The summed E-state index contributed by atoms with van der Waals surface area (Å²) in [5, 5.41) is 0.818. The highest BCUT2D eigenvalue weighted by atomic mass is 32.2. The average Bonchev–Trinajstić information content (AvgIpc) is 2.53. The number of nitrogens with zero attached hydrogens (tertiary/aromatic N) is 3. The van der Waals surface area contributed by atoms with Crippen LogP contribution < -0.4 is 5.73 Å². The predicted octanol–water partition coefficient (Wildman–Crippen LogP) is 2.08. The van der Waals surface area contributed by atoms with Gasteiger partial charge in [0.05, 0.1) is 6.54 Å². The summed E-state index contributed by atoms with van der Waals surface area (Å²) in [7, 11) is 0. The number of thioether (sulfide) groups is 1. The topological polar surface area (TPSA) is 55.0 Å². The monoisotopic (exact) mass is 266 g/mol. The van der Waals surface area contributed by atoms with E-state index in [4.69, 9.17) is 5.73 Å². The Balaban J connectivity index is 1.96. The lowest BCUT2D eigenvalue weighted by molar-refractivity contribution is 0.270. The summed E-state index contributed by atoms with van der Waals surface area (Å²) in [6.07, 6.45) is 6.08. The molecule has 2 rings (SSSR count). The SMILES string of the molecule is CSC1CCCN(Cc2nc(C)cc(N)n2)CC1. The largest absolute Gasteiger partial charge is 0.384 e. The molecule has 0 bridgehead atoms. The van der Waals surface area contributed by atoms with Crippen LogP contribution in [0.15, 0.2) is 6.07 Å². The van der Waals surface area contributed by atoms with Crippen LogP contribution >= 0.6 is 11.8 Å². The number of hydrogen-bond acceptors (Lipinski definition) is 5. The van der Waals surface area contributed by atoms with Crippen LogP contribution in [0.25, 0.3) is 0 Å². The fourth-order valence-electron chi connectivity index (χ4n) is 2.45. The number of nitrogen functional groups attached to an aromatic ring is 1. The van der Waals surface area contributed by atoms with Gasteiger partial charge in [-0.2, -0.15) is 11.8 Å². The van der Waals surface area contributed by atoms with Crippen molar-refractivity contribution in [2.75, 3.05) is 25.1 Å². The zero-order valence-electron chi connectivity index (χ0n) is 11.2. The Morgan fingerprint density at radius 2 is 2.22 bits per heavy atom. The molecule has 1 aromatic rings. The van der Waals surface area contributed by atoms with Crippen molar-refractivity contribution in [3.8, 4) is 0 Å². The minimum Gasteiger partial charge on any atom is -0.384 e. The van der Waals surface area contributed by atoms with Crippen LogP contribution in [-0.2, 0) is 6.54 Å². The first-order valence-corrected chi connectivity index (χ1v) is 7.81. The first-order valence-electron chi connectivity index (χ1n) is 6.52. The van der Waals surface area contributed by atoms with Crippen molar-refractivity contribution in [3.63, 3.8) is 0 Å². The molecule has 1 aliphatic rings. The number of nitrogens with two attached hydrogens (primary N) is 1. The van der Waals surface area contributed by atoms with Crippen molar-refractivity contribution in [1.29, 1.82) is 0 Å². The molecule has 0 radical (unpaired) electrons. The van der Waals surface area contributed by atoms with Gasteiger partial charge in [-0.3, -0.25) is 4.90 Å². The van der Waals surface area contributed by atoms with Crippen molar-refractivity contribution in [1.82, 2.24) is 14.9 Å². The van der Waals surface area contributed by atoms with Gasteiger partial charge in [0.1, 0.15) is 11.6 Å². The first kappa shape index (κ1) is 13.6. The molecule has 0 aliphatic carbocycles. The van der Waals surface area contributed by atoms with E-state index in [1.807, 2.05) is 24.8 Å². The second-order valence-electron chi connectivity index (χ2n) is 4.92. The second kappa shape index (κ2) is 6.38. The van der Waals surface area contributed by atoms with Crippen molar-refractivity contribution >= 4 is 17.6 Å². The molecule has 0 amide bonds. The molecule has 1 fully saturated rings. The first-order chi connectivity index (χ1) is 8.67. The number of rotatable bonds is 3. The molecular formula is C13H22N4S. The van der Waals surface area contributed by atoms with Crippen LogP contribution in [0.2, 0.25) is 0 Å². The lowest BCUT2D eigenvalue weighted by Crippen LogP contribution is -2.25. The molecule has 0 saturated carbocycles. The lowest BCUT2D eigenvalue weighted by atomic mass is 10.2. The molecule has 5 heteroatoms. The van der Waals surface area contributed by atoms with E-state index in [0.29, 0.717) is 5.82 Å². The van der Waals surface area contributed by atoms with Crippen molar-refractivity contribution in [3.05, 3.63) is 17.6 Å². The summed E-state index contributed by atoms with van der Waals surface area (Å²) in [4.78, 5) is 11.2. The molecule has 100 valence electrons. The van der Waals surface area contributed by atoms with Gasteiger partial charge in [0, 0.05) is 17.0 Å². The normalized spacial score (nSPS) is 21.8. The smallest absolute Gasteiger partial charge is 0.144 e. The summed E-state index contributed by atoms with van der Waals surface area (Å²) in [6.45, 7) is 5.08. The predicted molar refractivity (Wildman–Crippen MR) is 77.6 cm³/mol. The molecule has 18 heavy (non-hydrogen) atoms. The number of aromatic nitrogens is 2. The summed E-state index contributed by atoms with van der Waals surface area (Å²) in [5.74, 6) is 1.43. The quantitative estimate of drug-likeness (QED) is 0.908. The van der Waals surface area contributed by atoms with Gasteiger partial charge in [-0.15, -0.1) is 0 Å². The van der Waals surface area contributed by atoms with E-state index in [-0.39, 0.29) is 0 Å². The Morgan fingerprint density at radius 1 is 1.39 bits per heavy atom. The number of anilines is 1. The van der Waals surface area contributed by atoms with E-state index >= 15 is 0 Å². The zero-order chi connectivity index (χ0) is 13.0. The van der Waals surface area contributed by atoms with Crippen LogP contribution in [0, 0.1) is 6.92 Å². The third kappa shape index (κ3) is 3.85. The molecule has 4 nitrogen and oxygen atoms in total. The maximum Gasteiger partial charge on any atom is 0.144 e. The molecule has 1 unspecified atom stereocenters. The Labute approximate surface area is 113 Å². The van der Waals surface area contributed by atoms with Crippen LogP contribution in [0.3, 0.4) is 0 Å². The van der Waals surface area contributed by atoms with Gasteiger partial charge >= 0.3 is 0 Å². The van der Waals surface area contributed by atoms with Gasteiger partial charge in [0.15, 0.2) is 0 Å². The highest BCUT2D eigenvalue weighted by molar-refractivity contribution is 7.99. The minimum absolute atomic E-state index is 0.578. The maximum absolute atomic E-state index is 5.77. The zero-order valence-corrected chi connectivity index (χ0v) is 12.0. The molecule has 0 spiro atoms. The van der Waals surface area contributed by atoms with E-state index in [2.05, 4.69) is 21.1 Å². The van der Waals surface area contributed by atoms with E-state index in [0.717, 1.165) is 36.4 Å². The van der Waals surface area contributed by atoms with Gasteiger partial charge in [-0.05, 0) is 45.5 Å². The maximum atomic E-state index is 5.77. The average molecular weight is 266 g/mol. The Kier molecular flexibility index (Phi) is 4.83. The molecule has 2 N–H and O–H groups in total. The molecule has 2 heterocycles. The van der Waals surface area contributed by atoms with Gasteiger partial charge in [0.2, 0.25) is 0 Å². The highest BCUT2D eigenvalue weighted by Crippen LogP contribution is 2.21. The third-order valence-corrected chi connectivity index (χ3v) is 4.52. The van der Waals surface area contributed by atoms with Crippen molar-refractivity contribution < 1.29 is 0 Å². The molecular weight excluding hydrogens is 244 g/mol. The van der Waals surface area contributed by atoms with Crippen molar-refractivity contribution in [2.45, 2.75) is 38.0 Å². The van der Waals surface area contributed by atoms with E-state index in [1.54, 1.807) is 0 Å². The van der Waals surface area contributed by atoms with Gasteiger partial charge in [0.25, 0.3) is 0 Å². The van der Waals surface area contributed by atoms with Crippen LogP contribution in [-0.4, -0.2) is 39.5 Å². The number of hydrogen-bond donors (Lipinski definition) is 1. The van der Waals surface area contributed by atoms with Gasteiger partial charge < -0.3 is 5.73 Å². The number of likely N-dealkylation sites (tertiary alicyclic amines) is 1. The van der Waals surface area contributed by atoms with E-state index in [1.165, 1.54) is 19.3 Å². The Morgan fingerprint density at radius 3 is 2.94 bits per heavy atom. The molecule has 1 saturated heterocycles. The van der Waals surface area contributed by atoms with Crippen molar-refractivity contribution in [2.24, 2.45) is 0 Å². The Hall–Kier alpha value is -0.810. The summed E-state index contributed by atoms with van der Waals surface area (Å²) < 4.78 is 0. The Bertz CT molecular complexity index is 376. The highest BCUT2D eigenvalue weighted by Gasteiger charge is 2.17. The fourth-order valence-corrected chi connectivity index (χ4v) is 3.19. The van der Waals surface area contributed by atoms with Crippen LogP contribution in [0.5, 0.6) is 0 Å². The lowest BCUT2D eigenvalue weighted by Gasteiger charge is -2.19. The van der Waals surface area contributed by atoms with E-state index < -0.39 is 0 Å². The summed E-state index contributed by atoms with van der Waals surface area (Å²) in [5.41, 5.74) is 6.72. The number of aryl methyl sites for hydroxylation is 1. The standard InChI is InChI=1S/C13H22N4S/c1-10-8-12(14)16-13(15-10)9-17-6-3-4-11(18-2)5-7-17/h8,11H,3-7,9H2,1-2H3,(H2,14,15,16). The third-order valence-electron chi connectivity index (χ3n) is 3.39. The molecule has 1 aromatic heterocycles. The van der Waals surface area contributed by atoms with Crippen LogP contribution in [0.4, 0.5) is 5.82 Å². The molecule has 1 atom stereocenters.